The van der Waals surface area contributed by atoms with E-state index in [1.807, 2.05) is 0 Å². The second-order valence-electron chi connectivity index (χ2n) is 2.51. The summed E-state index contributed by atoms with van der Waals surface area (Å²) < 4.78 is 4.58. The molecule has 0 unspecified atom stereocenters. The van der Waals surface area contributed by atoms with Gasteiger partial charge >= 0.3 is 5.97 Å². The van der Waals surface area contributed by atoms with Gasteiger partial charge in [-0.25, -0.2) is 0 Å². The van der Waals surface area contributed by atoms with Crippen LogP contribution in [0.3, 0.4) is 0 Å². The van der Waals surface area contributed by atoms with Gasteiger partial charge in [-0.15, -0.1) is 0 Å². The van der Waals surface area contributed by atoms with Gasteiger partial charge in [0.25, 0.3) is 0 Å². The van der Waals surface area contributed by atoms with E-state index in [1.165, 1.54) is 13.2 Å². The van der Waals surface area contributed by atoms with Crippen LogP contribution in [0.4, 0.5) is 0 Å². The van der Waals surface area contributed by atoms with Crippen molar-refractivity contribution in [3.8, 4) is 5.75 Å². The zero-order chi connectivity index (χ0) is 9.68. The Morgan fingerprint density at radius 3 is 2.92 bits per heavy atom. The normalized spacial score (nSPS) is 10.2. The van der Waals surface area contributed by atoms with Crippen LogP contribution in [0, 0.1) is 0 Å². The van der Waals surface area contributed by atoms with E-state index in [0.29, 0.717) is 0 Å². The first-order valence-corrected chi connectivity index (χ1v) is 3.81. The van der Waals surface area contributed by atoms with Crippen molar-refractivity contribution in [3.05, 3.63) is 36.1 Å². The SMILES string of the molecule is CC(=O)O/C=C/c1cccc(O)c1. The lowest BCUT2D eigenvalue weighted by Crippen LogP contribution is -1.88. The lowest BCUT2D eigenvalue weighted by molar-refractivity contribution is -0.135. The lowest BCUT2D eigenvalue weighted by atomic mass is 10.2. The van der Waals surface area contributed by atoms with Crippen molar-refractivity contribution >= 4 is 12.0 Å². The molecule has 13 heavy (non-hydrogen) atoms. The summed E-state index contributed by atoms with van der Waals surface area (Å²) in [6, 6.07) is 6.64. The van der Waals surface area contributed by atoms with E-state index in [1.54, 1.807) is 30.3 Å². The maximum atomic E-state index is 10.4. The Kier molecular flexibility index (Phi) is 3.09. The summed E-state index contributed by atoms with van der Waals surface area (Å²) in [4.78, 5) is 10.4. The molecule has 0 heterocycles. The number of phenols is 1. The van der Waals surface area contributed by atoms with Gasteiger partial charge in [0.2, 0.25) is 0 Å². The molecular weight excluding hydrogens is 168 g/mol. The summed E-state index contributed by atoms with van der Waals surface area (Å²) >= 11 is 0. The highest BCUT2D eigenvalue weighted by Gasteiger charge is 1.89. The molecular formula is C10H10O3. The molecule has 0 bridgehead atoms. The van der Waals surface area contributed by atoms with Crippen LogP contribution in [-0.4, -0.2) is 11.1 Å². The predicted octanol–water partition coefficient (Wildman–Crippen LogP) is 1.93. The molecule has 68 valence electrons. The van der Waals surface area contributed by atoms with Crippen LogP contribution >= 0.6 is 0 Å². The number of ether oxygens (including phenoxy) is 1. The molecule has 0 aliphatic carbocycles. The van der Waals surface area contributed by atoms with Crippen LogP contribution in [-0.2, 0) is 9.53 Å². The number of carbonyl (C=O) groups is 1. The maximum Gasteiger partial charge on any atom is 0.307 e. The molecule has 3 nitrogen and oxygen atoms in total. The average molecular weight is 178 g/mol. The van der Waals surface area contributed by atoms with E-state index in [2.05, 4.69) is 4.74 Å². The third-order valence-electron chi connectivity index (χ3n) is 1.36. The van der Waals surface area contributed by atoms with Crippen LogP contribution in [0.15, 0.2) is 30.5 Å². The Morgan fingerprint density at radius 2 is 2.31 bits per heavy atom. The van der Waals surface area contributed by atoms with Crippen molar-refractivity contribution in [2.24, 2.45) is 0 Å². The van der Waals surface area contributed by atoms with Crippen molar-refractivity contribution in [3.63, 3.8) is 0 Å². The fourth-order valence-corrected chi connectivity index (χ4v) is 0.837. The third kappa shape index (κ3) is 3.42. The first-order valence-electron chi connectivity index (χ1n) is 3.81. The molecule has 1 aromatic carbocycles. The van der Waals surface area contributed by atoms with Crippen LogP contribution in [0.1, 0.15) is 12.5 Å². The molecule has 1 rings (SSSR count). The Labute approximate surface area is 76.3 Å². The zero-order valence-electron chi connectivity index (χ0n) is 7.23. The van der Waals surface area contributed by atoms with Crippen molar-refractivity contribution in [2.75, 3.05) is 0 Å². The van der Waals surface area contributed by atoms with Crippen molar-refractivity contribution in [2.45, 2.75) is 6.92 Å². The van der Waals surface area contributed by atoms with Crippen LogP contribution in [0.2, 0.25) is 0 Å². The number of benzene rings is 1. The Hall–Kier alpha value is -1.77. The molecule has 0 fully saturated rings. The van der Waals surface area contributed by atoms with Gasteiger partial charge in [-0.2, -0.15) is 0 Å². The largest absolute Gasteiger partial charge is 0.508 e. The fraction of sp³-hybridized carbons (Fsp3) is 0.100. The molecule has 0 aliphatic rings. The predicted molar refractivity (Wildman–Crippen MR) is 48.9 cm³/mol. The van der Waals surface area contributed by atoms with Gasteiger partial charge in [0.05, 0.1) is 6.26 Å². The highest BCUT2D eigenvalue weighted by Crippen LogP contribution is 2.11. The standard InChI is InChI=1S/C10H10O3/c1-8(11)13-6-5-9-3-2-4-10(12)7-9/h2-7,12H,1H3/b6-5+. The molecule has 0 atom stereocenters. The molecule has 0 spiro atoms. The van der Waals surface area contributed by atoms with E-state index in [4.69, 9.17) is 5.11 Å². The van der Waals surface area contributed by atoms with Gasteiger partial charge in [-0.05, 0) is 23.8 Å². The second kappa shape index (κ2) is 4.30. The van der Waals surface area contributed by atoms with Gasteiger partial charge < -0.3 is 9.84 Å². The van der Waals surface area contributed by atoms with Gasteiger partial charge in [0.1, 0.15) is 5.75 Å². The van der Waals surface area contributed by atoms with E-state index in [-0.39, 0.29) is 11.7 Å². The van der Waals surface area contributed by atoms with E-state index >= 15 is 0 Å². The third-order valence-corrected chi connectivity index (χ3v) is 1.36. The Balaban J connectivity index is 2.63. The minimum Gasteiger partial charge on any atom is -0.508 e. The van der Waals surface area contributed by atoms with E-state index < -0.39 is 0 Å². The highest BCUT2D eigenvalue weighted by molar-refractivity contribution is 5.67. The summed E-state index contributed by atoms with van der Waals surface area (Å²) in [6.45, 7) is 1.33. The number of carbonyl (C=O) groups excluding carboxylic acids is 1. The van der Waals surface area contributed by atoms with Crippen molar-refractivity contribution < 1.29 is 14.6 Å². The maximum absolute atomic E-state index is 10.4. The zero-order valence-corrected chi connectivity index (χ0v) is 7.23. The van der Waals surface area contributed by atoms with Crippen molar-refractivity contribution in [1.82, 2.24) is 0 Å². The molecule has 3 heteroatoms. The summed E-state index contributed by atoms with van der Waals surface area (Å²) in [7, 11) is 0. The van der Waals surface area contributed by atoms with Gasteiger partial charge in [0, 0.05) is 6.92 Å². The minimum absolute atomic E-state index is 0.185. The molecule has 0 radical (unpaired) electrons. The second-order valence-corrected chi connectivity index (χ2v) is 2.51. The number of phenolic OH excluding ortho intramolecular Hbond substituents is 1. The summed E-state index contributed by atoms with van der Waals surface area (Å²) in [5.41, 5.74) is 0.779. The first kappa shape index (κ1) is 9.32. The van der Waals surface area contributed by atoms with Crippen LogP contribution in [0.5, 0.6) is 5.75 Å². The summed E-state index contributed by atoms with van der Waals surface area (Å²) in [6.07, 6.45) is 2.89. The number of hydrogen-bond donors (Lipinski definition) is 1. The molecule has 1 N–H and O–H groups in total. The number of hydrogen-bond acceptors (Lipinski definition) is 3. The molecule has 0 aliphatic heterocycles. The number of esters is 1. The molecule has 0 aromatic heterocycles. The number of rotatable bonds is 2. The van der Waals surface area contributed by atoms with Crippen LogP contribution in [0.25, 0.3) is 6.08 Å². The fourth-order valence-electron chi connectivity index (χ4n) is 0.837. The highest BCUT2D eigenvalue weighted by atomic mass is 16.5. The molecule has 0 saturated carbocycles. The number of aromatic hydroxyl groups is 1. The summed E-state index contributed by atoms with van der Waals surface area (Å²) in [5, 5.41) is 9.08. The quantitative estimate of drug-likeness (QED) is 0.556. The molecule has 1 aromatic rings. The summed E-state index contributed by atoms with van der Waals surface area (Å²) in [5.74, 6) is -0.179. The topological polar surface area (TPSA) is 46.5 Å². The monoisotopic (exact) mass is 178 g/mol. The Morgan fingerprint density at radius 1 is 1.54 bits per heavy atom. The minimum atomic E-state index is -0.364. The van der Waals surface area contributed by atoms with Gasteiger partial charge in [-0.1, -0.05) is 12.1 Å². The first-order chi connectivity index (χ1) is 6.18. The molecule has 0 saturated heterocycles. The van der Waals surface area contributed by atoms with Gasteiger partial charge in [0.15, 0.2) is 0 Å². The Bertz CT molecular complexity index is 329. The average Bonchev–Trinajstić information content (AvgIpc) is 2.03. The lowest BCUT2D eigenvalue weighted by Gasteiger charge is -1.94. The van der Waals surface area contributed by atoms with Crippen molar-refractivity contribution in [1.29, 1.82) is 0 Å². The van der Waals surface area contributed by atoms with Crippen LogP contribution < -0.4 is 0 Å². The smallest absolute Gasteiger partial charge is 0.307 e. The van der Waals surface area contributed by atoms with E-state index in [9.17, 15) is 4.79 Å². The molecule has 0 amide bonds. The van der Waals surface area contributed by atoms with E-state index in [0.717, 1.165) is 5.56 Å². The van der Waals surface area contributed by atoms with Gasteiger partial charge in [-0.3, -0.25) is 4.79 Å².